The summed E-state index contributed by atoms with van der Waals surface area (Å²) < 4.78 is 6.17. The summed E-state index contributed by atoms with van der Waals surface area (Å²) in [5, 5.41) is 3.66. The van der Waals surface area contributed by atoms with Crippen molar-refractivity contribution in [3.05, 3.63) is 29.8 Å². The summed E-state index contributed by atoms with van der Waals surface area (Å²) >= 11 is 0. The topological polar surface area (TPSA) is 21.3 Å². The van der Waals surface area contributed by atoms with Crippen LogP contribution >= 0.6 is 0 Å². The number of hydrogen-bond donors (Lipinski definition) is 1. The van der Waals surface area contributed by atoms with Gasteiger partial charge in [0.05, 0.1) is 0 Å². The zero-order valence-corrected chi connectivity index (χ0v) is 12.7. The third kappa shape index (κ3) is 3.01. The Hall–Kier alpha value is -1.02. The SMILES string of the molecule is CCCNCC1(CC2Cc3ccccc3O2)CCCC1. The van der Waals surface area contributed by atoms with E-state index in [1.54, 1.807) is 0 Å². The molecule has 2 aliphatic rings. The minimum absolute atomic E-state index is 0.397. The molecule has 2 nitrogen and oxygen atoms in total. The van der Waals surface area contributed by atoms with Gasteiger partial charge in [-0.15, -0.1) is 0 Å². The molecule has 1 aliphatic carbocycles. The molecule has 1 N–H and O–H groups in total. The van der Waals surface area contributed by atoms with Crippen molar-refractivity contribution >= 4 is 0 Å². The first-order valence-corrected chi connectivity index (χ1v) is 8.27. The van der Waals surface area contributed by atoms with Gasteiger partial charge in [0, 0.05) is 13.0 Å². The van der Waals surface area contributed by atoms with Crippen LogP contribution in [0.1, 0.15) is 51.0 Å². The van der Waals surface area contributed by atoms with Crippen LogP contribution in [0.3, 0.4) is 0 Å². The van der Waals surface area contributed by atoms with E-state index in [2.05, 4.69) is 36.5 Å². The minimum atomic E-state index is 0.397. The van der Waals surface area contributed by atoms with E-state index in [1.807, 2.05) is 0 Å². The second-order valence-electron chi connectivity index (χ2n) is 6.64. The molecular weight excluding hydrogens is 246 g/mol. The molecule has 0 aromatic heterocycles. The average Bonchev–Trinajstić information content (AvgIpc) is 3.06. The number of fused-ring (bicyclic) bond motifs is 1. The third-order valence-corrected chi connectivity index (χ3v) is 4.97. The van der Waals surface area contributed by atoms with E-state index in [0.717, 1.165) is 18.7 Å². The Balaban J connectivity index is 1.61. The molecule has 110 valence electrons. The van der Waals surface area contributed by atoms with Crippen LogP contribution in [-0.2, 0) is 6.42 Å². The lowest BCUT2D eigenvalue weighted by molar-refractivity contribution is 0.134. The first-order valence-electron chi connectivity index (χ1n) is 8.27. The van der Waals surface area contributed by atoms with Gasteiger partial charge in [-0.2, -0.15) is 0 Å². The summed E-state index contributed by atoms with van der Waals surface area (Å²) in [6, 6.07) is 8.53. The summed E-state index contributed by atoms with van der Waals surface area (Å²) in [4.78, 5) is 0. The molecule has 3 rings (SSSR count). The number of para-hydroxylation sites is 1. The van der Waals surface area contributed by atoms with Crippen LogP contribution in [-0.4, -0.2) is 19.2 Å². The Morgan fingerprint density at radius 2 is 2.05 bits per heavy atom. The lowest BCUT2D eigenvalue weighted by atomic mass is 9.79. The lowest BCUT2D eigenvalue weighted by Crippen LogP contribution is -2.36. The Kier molecular flexibility index (Phi) is 4.30. The molecule has 1 atom stereocenters. The van der Waals surface area contributed by atoms with Gasteiger partial charge in [-0.3, -0.25) is 0 Å². The van der Waals surface area contributed by atoms with Gasteiger partial charge >= 0.3 is 0 Å². The van der Waals surface area contributed by atoms with Crippen molar-refractivity contribution in [2.75, 3.05) is 13.1 Å². The maximum Gasteiger partial charge on any atom is 0.123 e. The first kappa shape index (κ1) is 13.9. The average molecular weight is 273 g/mol. The Bertz CT molecular complexity index is 412. The largest absolute Gasteiger partial charge is 0.490 e. The maximum absolute atomic E-state index is 6.17. The highest BCUT2D eigenvalue weighted by atomic mass is 16.5. The fraction of sp³-hybridized carbons (Fsp3) is 0.667. The van der Waals surface area contributed by atoms with E-state index >= 15 is 0 Å². The van der Waals surface area contributed by atoms with Crippen LogP contribution < -0.4 is 10.1 Å². The first-order chi connectivity index (χ1) is 9.81. The zero-order chi connectivity index (χ0) is 13.8. The molecule has 1 aromatic rings. The molecule has 0 bridgehead atoms. The van der Waals surface area contributed by atoms with Crippen LogP contribution in [0.4, 0.5) is 0 Å². The molecule has 1 unspecified atom stereocenters. The second-order valence-corrected chi connectivity index (χ2v) is 6.64. The highest BCUT2D eigenvalue weighted by Gasteiger charge is 2.38. The van der Waals surface area contributed by atoms with Gasteiger partial charge in [0.1, 0.15) is 11.9 Å². The fourth-order valence-corrected chi connectivity index (χ4v) is 3.96. The molecule has 1 aliphatic heterocycles. The fourth-order valence-electron chi connectivity index (χ4n) is 3.96. The predicted octanol–water partition coefficient (Wildman–Crippen LogP) is 3.94. The number of nitrogens with one attached hydrogen (secondary N) is 1. The zero-order valence-electron chi connectivity index (χ0n) is 12.7. The Morgan fingerprint density at radius 3 is 2.80 bits per heavy atom. The van der Waals surface area contributed by atoms with Gasteiger partial charge in [0.25, 0.3) is 0 Å². The van der Waals surface area contributed by atoms with Crippen molar-refractivity contribution in [3.8, 4) is 5.75 Å². The molecule has 20 heavy (non-hydrogen) atoms. The molecule has 1 heterocycles. The minimum Gasteiger partial charge on any atom is -0.490 e. The summed E-state index contributed by atoms with van der Waals surface area (Å²) in [5.41, 5.74) is 1.88. The molecule has 1 aromatic carbocycles. The van der Waals surface area contributed by atoms with Crippen LogP contribution in [0.5, 0.6) is 5.75 Å². The van der Waals surface area contributed by atoms with E-state index in [9.17, 15) is 0 Å². The molecular formula is C18H27NO. The van der Waals surface area contributed by atoms with Crippen molar-refractivity contribution < 1.29 is 4.74 Å². The number of ether oxygens (including phenoxy) is 1. The van der Waals surface area contributed by atoms with E-state index in [-0.39, 0.29) is 0 Å². The van der Waals surface area contributed by atoms with Crippen LogP contribution in [0.25, 0.3) is 0 Å². The van der Waals surface area contributed by atoms with Crippen molar-refractivity contribution in [2.45, 2.75) is 58.0 Å². The number of rotatable bonds is 6. The van der Waals surface area contributed by atoms with Gasteiger partial charge in [-0.05, 0) is 49.3 Å². The van der Waals surface area contributed by atoms with E-state index in [1.165, 1.54) is 50.6 Å². The van der Waals surface area contributed by atoms with Crippen LogP contribution in [0, 0.1) is 5.41 Å². The van der Waals surface area contributed by atoms with Crippen molar-refractivity contribution in [1.82, 2.24) is 5.32 Å². The van der Waals surface area contributed by atoms with E-state index < -0.39 is 0 Å². The molecule has 1 fully saturated rings. The summed E-state index contributed by atoms with van der Waals surface area (Å²) in [6.45, 7) is 4.57. The Labute approximate surface area is 122 Å². The van der Waals surface area contributed by atoms with Gasteiger partial charge in [0.2, 0.25) is 0 Å². The van der Waals surface area contributed by atoms with Gasteiger partial charge in [-0.25, -0.2) is 0 Å². The van der Waals surface area contributed by atoms with Crippen LogP contribution in [0.2, 0.25) is 0 Å². The highest BCUT2D eigenvalue weighted by molar-refractivity contribution is 5.37. The lowest BCUT2D eigenvalue weighted by Gasteiger charge is -2.32. The summed E-state index contributed by atoms with van der Waals surface area (Å²) in [6.07, 6.45) is 9.49. The van der Waals surface area contributed by atoms with E-state index in [4.69, 9.17) is 4.74 Å². The monoisotopic (exact) mass is 273 g/mol. The molecule has 0 radical (unpaired) electrons. The summed E-state index contributed by atoms with van der Waals surface area (Å²) in [7, 11) is 0. The molecule has 1 saturated carbocycles. The highest BCUT2D eigenvalue weighted by Crippen LogP contribution is 2.44. The van der Waals surface area contributed by atoms with Crippen LogP contribution in [0.15, 0.2) is 24.3 Å². The predicted molar refractivity (Wildman–Crippen MR) is 83.2 cm³/mol. The molecule has 0 amide bonds. The smallest absolute Gasteiger partial charge is 0.123 e. The van der Waals surface area contributed by atoms with Gasteiger partial charge < -0.3 is 10.1 Å². The number of benzene rings is 1. The van der Waals surface area contributed by atoms with Crippen molar-refractivity contribution in [3.63, 3.8) is 0 Å². The van der Waals surface area contributed by atoms with Gasteiger partial charge in [-0.1, -0.05) is 38.0 Å². The standard InChI is InChI=1S/C18H27NO/c1-2-11-19-14-18(9-5-6-10-18)13-16-12-15-7-3-4-8-17(15)20-16/h3-4,7-8,16,19H,2,5-6,9-14H2,1H3. The van der Waals surface area contributed by atoms with E-state index in [0.29, 0.717) is 11.5 Å². The van der Waals surface area contributed by atoms with Crippen molar-refractivity contribution in [1.29, 1.82) is 0 Å². The molecule has 0 spiro atoms. The van der Waals surface area contributed by atoms with Crippen molar-refractivity contribution in [2.24, 2.45) is 5.41 Å². The maximum atomic E-state index is 6.17. The second kappa shape index (κ2) is 6.17. The number of hydrogen-bond acceptors (Lipinski definition) is 2. The quantitative estimate of drug-likeness (QED) is 0.793. The Morgan fingerprint density at radius 1 is 1.25 bits per heavy atom. The molecule has 2 heteroatoms. The third-order valence-electron chi connectivity index (χ3n) is 4.97. The summed E-state index contributed by atoms with van der Waals surface area (Å²) in [5.74, 6) is 1.12. The van der Waals surface area contributed by atoms with Gasteiger partial charge in [0.15, 0.2) is 0 Å². The normalized spacial score (nSPS) is 23.6. The molecule has 0 saturated heterocycles.